The van der Waals surface area contributed by atoms with Gasteiger partial charge in [-0.1, -0.05) is 5.16 Å². The zero-order valence-electron chi connectivity index (χ0n) is 6.06. The van der Waals surface area contributed by atoms with Gasteiger partial charge in [-0.3, -0.25) is 0 Å². The fourth-order valence-electron chi connectivity index (χ4n) is 0.656. The normalized spacial score (nSPS) is 10.3. The molecule has 0 unspecified atom stereocenters. The molecule has 0 bridgehead atoms. The molecule has 0 radical (unpaired) electrons. The summed E-state index contributed by atoms with van der Waals surface area (Å²) in [6, 6.07) is 3.43. The smallest absolute Gasteiger partial charge is 0.212 e. The lowest BCUT2D eigenvalue weighted by molar-refractivity contribution is 0.322. The average molecular weight is 152 g/mol. The SMILES string of the molecule is COc1ccc(/C=N\O)cn1. The summed E-state index contributed by atoms with van der Waals surface area (Å²) in [6.45, 7) is 0. The van der Waals surface area contributed by atoms with Crippen molar-refractivity contribution in [2.75, 3.05) is 7.11 Å². The first-order valence-corrected chi connectivity index (χ1v) is 3.04. The standard InChI is InChI=1S/C7H8N2O2/c1-11-7-3-2-6(4-8-7)5-9-10/h2-5,10H,1H3/b9-5-. The van der Waals surface area contributed by atoms with Crippen LogP contribution >= 0.6 is 0 Å². The number of pyridine rings is 1. The third-order valence-corrected chi connectivity index (χ3v) is 1.18. The largest absolute Gasteiger partial charge is 0.481 e. The van der Waals surface area contributed by atoms with E-state index >= 15 is 0 Å². The number of oxime groups is 1. The maximum Gasteiger partial charge on any atom is 0.212 e. The molecule has 0 aliphatic rings. The first kappa shape index (κ1) is 7.53. The minimum absolute atomic E-state index is 0.542. The Morgan fingerprint density at radius 3 is 2.91 bits per heavy atom. The molecule has 58 valence electrons. The van der Waals surface area contributed by atoms with Gasteiger partial charge in [0.25, 0.3) is 0 Å². The van der Waals surface area contributed by atoms with Crippen LogP contribution in [0.2, 0.25) is 0 Å². The minimum Gasteiger partial charge on any atom is -0.481 e. The topological polar surface area (TPSA) is 54.7 Å². The molecular formula is C7H8N2O2. The quantitative estimate of drug-likeness (QED) is 0.389. The van der Waals surface area contributed by atoms with Crippen LogP contribution in [0.4, 0.5) is 0 Å². The highest BCUT2D eigenvalue weighted by Crippen LogP contribution is 2.04. The molecule has 11 heavy (non-hydrogen) atoms. The van der Waals surface area contributed by atoms with Crippen LogP contribution < -0.4 is 4.74 Å². The number of aromatic nitrogens is 1. The molecule has 4 heteroatoms. The van der Waals surface area contributed by atoms with Crippen molar-refractivity contribution in [1.29, 1.82) is 0 Å². The fourth-order valence-corrected chi connectivity index (χ4v) is 0.656. The van der Waals surface area contributed by atoms with Crippen LogP contribution in [0.15, 0.2) is 23.5 Å². The second-order valence-electron chi connectivity index (χ2n) is 1.88. The average Bonchev–Trinajstić information content (AvgIpc) is 2.07. The van der Waals surface area contributed by atoms with Crippen LogP contribution in [0.1, 0.15) is 5.56 Å². The monoisotopic (exact) mass is 152 g/mol. The van der Waals surface area contributed by atoms with E-state index in [1.54, 1.807) is 25.4 Å². The molecule has 1 aromatic heterocycles. The molecule has 0 aliphatic heterocycles. The predicted octanol–water partition coefficient (Wildman–Crippen LogP) is 0.898. The summed E-state index contributed by atoms with van der Waals surface area (Å²) in [6.07, 6.45) is 2.85. The van der Waals surface area contributed by atoms with Gasteiger partial charge in [0, 0.05) is 17.8 Å². The van der Waals surface area contributed by atoms with E-state index in [0.29, 0.717) is 5.88 Å². The van der Waals surface area contributed by atoms with Crippen molar-refractivity contribution in [2.24, 2.45) is 5.16 Å². The Balaban J connectivity index is 2.82. The Hall–Kier alpha value is -1.58. The van der Waals surface area contributed by atoms with Gasteiger partial charge in [-0.05, 0) is 6.07 Å². The summed E-state index contributed by atoms with van der Waals surface area (Å²) < 4.78 is 4.83. The summed E-state index contributed by atoms with van der Waals surface area (Å²) >= 11 is 0. The van der Waals surface area contributed by atoms with Gasteiger partial charge < -0.3 is 9.94 Å². The van der Waals surface area contributed by atoms with E-state index in [-0.39, 0.29) is 0 Å². The lowest BCUT2D eigenvalue weighted by Gasteiger charge is -1.96. The molecule has 4 nitrogen and oxygen atoms in total. The van der Waals surface area contributed by atoms with Crippen molar-refractivity contribution in [3.8, 4) is 5.88 Å². The zero-order valence-corrected chi connectivity index (χ0v) is 6.06. The van der Waals surface area contributed by atoms with Gasteiger partial charge in [0.05, 0.1) is 13.3 Å². The summed E-state index contributed by atoms with van der Waals surface area (Å²) in [7, 11) is 1.54. The number of hydrogen-bond donors (Lipinski definition) is 1. The van der Waals surface area contributed by atoms with Crippen LogP contribution in [-0.4, -0.2) is 23.5 Å². The summed E-state index contributed by atoms with van der Waals surface area (Å²) in [5, 5.41) is 11.0. The highest BCUT2D eigenvalue weighted by atomic mass is 16.5. The zero-order chi connectivity index (χ0) is 8.10. The molecule has 1 heterocycles. The van der Waals surface area contributed by atoms with Crippen molar-refractivity contribution in [2.45, 2.75) is 0 Å². The Morgan fingerprint density at radius 1 is 1.64 bits per heavy atom. The lowest BCUT2D eigenvalue weighted by Crippen LogP contribution is -1.88. The minimum atomic E-state index is 0.542. The van der Waals surface area contributed by atoms with E-state index in [1.807, 2.05) is 0 Å². The maximum atomic E-state index is 8.16. The number of ether oxygens (including phenoxy) is 1. The predicted molar refractivity (Wildman–Crippen MR) is 40.2 cm³/mol. The molecule has 0 fully saturated rings. The van der Waals surface area contributed by atoms with Crippen molar-refractivity contribution >= 4 is 6.21 Å². The Bertz CT molecular complexity index is 243. The molecule has 1 rings (SSSR count). The van der Waals surface area contributed by atoms with E-state index < -0.39 is 0 Å². The number of rotatable bonds is 2. The third kappa shape index (κ3) is 1.93. The number of methoxy groups -OCH3 is 1. The van der Waals surface area contributed by atoms with E-state index in [0.717, 1.165) is 5.56 Å². The molecule has 0 saturated heterocycles. The first-order valence-electron chi connectivity index (χ1n) is 3.04. The highest BCUT2D eigenvalue weighted by Gasteiger charge is 1.90. The van der Waals surface area contributed by atoms with Crippen LogP contribution in [0.25, 0.3) is 0 Å². The van der Waals surface area contributed by atoms with Gasteiger partial charge in [0.15, 0.2) is 0 Å². The van der Waals surface area contributed by atoms with E-state index in [9.17, 15) is 0 Å². The van der Waals surface area contributed by atoms with Gasteiger partial charge in [0.1, 0.15) is 0 Å². The molecule has 1 aromatic rings. The molecule has 0 amide bonds. The lowest BCUT2D eigenvalue weighted by atomic mass is 10.3. The first-order chi connectivity index (χ1) is 5.36. The van der Waals surface area contributed by atoms with E-state index in [1.165, 1.54) is 6.21 Å². The van der Waals surface area contributed by atoms with Crippen molar-refractivity contribution in [3.63, 3.8) is 0 Å². The molecular weight excluding hydrogens is 144 g/mol. The van der Waals surface area contributed by atoms with Crippen molar-refractivity contribution < 1.29 is 9.94 Å². The summed E-state index contributed by atoms with van der Waals surface area (Å²) in [4.78, 5) is 3.89. The van der Waals surface area contributed by atoms with Gasteiger partial charge in [0.2, 0.25) is 5.88 Å². The molecule has 1 N–H and O–H groups in total. The molecule has 0 atom stereocenters. The van der Waals surface area contributed by atoms with Crippen LogP contribution in [-0.2, 0) is 0 Å². The van der Waals surface area contributed by atoms with Crippen molar-refractivity contribution in [3.05, 3.63) is 23.9 Å². The second kappa shape index (κ2) is 3.55. The van der Waals surface area contributed by atoms with Crippen LogP contribution in [0.5, 0.6) is 5.88 Å². The maximum absolute atomic E-state index is 8.16. The Kier molecular flexibility index (Phi) is 2.43. The molecule has 0 aromatic carbocycles. The summed E-state index contributed by atoms with van der Waals surface area (Å²) in [5.41, 5.74) is 0.730. The molecule has 0 spiro atoms. The second-order valence-corrected chi connectivity index (χ2v) is 1.88. The highest BCUT2D eigenvalue weighted by molar-refractivity contribution is 5.78. The van der Waals surface area contributed by atoms with Gasteiger partial charge in [-0.25, -0.2) is 4.98 Å². The van der Waals surface area contributed by atoms with Gasteiger partial charge in [-0.15, -0.1) is 0 Å². The van der Waals surface area contributed by atoms with Crippen molar-refractivity contribution in [1.82, 2.24) is 4.98 Å². The Morgan fingerprint density at radius 2 is 2.45 bits per heavy atom. The van der Waals surface area contributed by atoms with Crippen LogP contribution in [0, 0.1) is 0 Å². The Labute approximate surface area is 64.1 Å². The van der Waals surface area contributed by atoms with Gasteiger partial charge >= 0.3 is 0 Å². The summed E-state index contributed by atoms with van der Waals surface area (Å²) in [5.74, 6) is 0.542. The third-order valence-electron chi connectivity index (χ3n) is 1.18. The molecule has 0 saturated carbocycles. The van der Waals surface area contributed by atoms with Gasteiger partial charge in [-0.2, -0.15) is 0 Å². The van der Waals surface area contributed by atoms with E-state index in [2.05, 4.69) is 10.1 Å². The van der Waals surface area contributed by atoms with Crippen LogP contribution in [0.3, 0.4) is 0 Å². The fraction of sp³-hybridized carbons (Fsp3) is 0.143. The molecule has 0 aliphatic carbocycles. The van der Waals surface area contributed by atoms with E-state index in [4.69, 9.17) is 9.94 Å². The number of nitrogens with zero attached hydrogens (tertiary/aromatic N) is 2. The number of hydrogen-bond acceptors (Lipinski definition) is 4.